The molecule has 1 fully saturated rings. The molecular formula is C22H29ClN4O. The molecule has 3 rings (SSSR count). The van der Waals surface area contributed by atoms with Gasteiger partial charge >= 0.3 is 0 Å². The van der Waals surface area contributed by atoms with Crippen LogP contribution in [0.3, 0.4) is 0 Å². The molecule has 0 unspecified atom stereocenters. The van der Waals surface area contributed by atoms with Gasteiger partial charge in [-0.15, -0.1) is 0 Å². The number of carbonyl (C=O) groups is 1. The zero-order valence-corrected chi connectivity index (χ0v) is 17.8. The van der Waals surface area contributed by atoms with Crippen molar-refractivity contribution in [1.82, 2.24) is 14.9 Å². The van der Waals surface area contributed by atoms with Crippen molar-refractivity contribution < 1.29 is 4.79 Å². The van der Waals surface area contributed by atoms with Crippen LogP contribution < -0.4 is 4.90 Å². The number of hydrogen-bond acceptors (Lipinski definition) is 4. The molecule has 6 heteroatoms. The minimum Gasteiger partial charge on any atom is -0.353 e. The number of piperazine rings is 1. The summed E-state index contributed by atoms with van der Waals surface area (Å²) in [5.41, 5.74) is 3.03. The van der Waals surface area contributed by atoms with Crippen LogP contribution >= 0.6 is 11.6 Å². The van der Waals surface area contributed by atoms with Crippen LogP contribution in [0.15, 0.2) is 24.3 Å². The Hall–Kier alpha value is -2.14. The third-order valence-electron chi connectivity index (χ3n) is 5.39. The Kier molecular flexibility index (Phi) is 6.89. The van der Waals surface area contributed by atoms with Crippen LogP contribution in [0.5, 0.6) is 0 Å². The monoisotopic (exact) mass is 400 g/mol. The van der Waals surface area contributed by atoms with Gasteiger partial charge in [-0.2, -0.15) is 0 Å². The average Bonchev–Trinajstić information content (AvgIpc) is 2.71. The minimum atomic E-state index is 0.283. The SMILES string of the molecule is CCCCCC(=O)N1CCN(c2nc(-c3ccc(Cl)cc3)nc(C)c2C)CC1. The van der Waals surface area contributed by atoms with Crippen molar-refractivity contribution >= 4 is 23.3 Å². The van der Waals surface area contributed by atoms with E-state index < -0.39 is 0 Å². The maximum Gasteiger partial charge on any atom is 0.222 e. The smallest absolute Gasteiger partial charge is 0.222 e. The van der Waals surface area contributed by atoms with Gasteiger partial charge in [-0.25, -0.2) is 9.97 Å². The number of carbonyl (C=O) groups excluding carboxylic acids is 1. The first-order chi connectivity index (χ1) is 13.5. The number of anilines is 1. The van der Waals surface area contributed by atoms with E-state index in [9.17, 15) is 4.79 Å². The molecule has 1 saturated heterocycles. The Morgan fingerprint density at radius 3 is 2.36 bits per heavy atom. The highest BCUT2D eigenvalue weighted by atomic mass is 35.5. The van der Waals surface area contributed by atoms with Crippen LogP contribution in [0.25, 0.3) is 11.4 Å². The van der Waals surface area contributed by atoms with Crippen molar-refractivity contribution in [3.8, 4) is 11.4 Å². The van der Waals surface area contributed by atoms with E-state index in [0.717, 1.165) is 68.1 Å². The Morgan fingerprint density at radius 1 is 1.04 bits per heavy atom. The molecule has 0 aliphatic carbocycles. The fourth-order valence-electron chi connectivity index (χ4n) is 3.50. The van der Waals surface area contributed by atoms with Gasteiger partial charge in [-0.1, -0.05) is 31.4 Å². The van der Waals surface area contributed by atoms with Gasteiger partial charge in [-0.05, 0) is 44.5 Å². The zero-order valence-electron chi connectivity index (χ0n) is 17.0. The molecular weight excluding hydrogens is 372 g/mol. The molecule has 0 bridgehead atoms. The van der Waals surface area contributed by atoms with Gasteiger partial charge < -0.3 is 9.80 Å². The average molecular weight is 401 g/mol. The highest BCUT2D eigenvalue weighted by Crippen LogP contribution is 2.26. The number of aryl methyl sites for hydroxylation is 1. The number of halogens is 1. The maximum absolute atomic E-state index is 12.4. The summed E-state index contributed by atoms with van der Waals surface area (Å²) in [5.74, 6) is 1.97. The molecule has 0 atom stereocenters. The van der Waals surface area contributed by atoms with Crippen LogP contribution in [0, 0.1) is 13.8 Å². The molecule has 1 amide bonds. The fraction of sp³-hybridized carbons (Fsp3) is 0.500. The Morgan fingerprint density at radius 2 is 1.71 bits per heavy atom. The molecule has 28 heavy (non-hydrogen) atoms. The van der Waals surface area contributed by atoms with Gasteiger partial charge in [0.05, 0.1) is 0 Å². The first kappa shape index (κ1) is 20.6. The normalized spacial score (nSPS) is 14.4. The van der Waals surface area contributed by atoms with Crippen LogP contribution in [-0.4, -0.2) is 47.0 Å². The summed E-state index contributed by atoms with van der Waals surface area (Å²) in [6.07, 6.45) is 3.92. The number of aromatic nitrogens is 2. The molecule has 1 aliphatic heterocycles. The maximum atomic E-state index is 12.4. The minimum absolute atomic E-state index is 0.283. The van der Waals surface area contributed by atoms with Crippen LogP contribution in [-0.2, 0) is 4.79 Å². The summed E-state index contributed by atoms with van der Waals surface area (Å²) in [4.78, 5) is 26.2. The predicted molar refractivity (Wildman–Crippen MR) is 115 cm³/mol. The summed E-state index contributed by atoms with van der Waals surface area (Å²) >= 11 is 6.01. The number of amides is 1. The first-order valence-corrected chi connectivity index (χ1v) is 10.5. The summed E-state index contributed by atoms with van der Waals surface area (Å²) in [6, 6.07) is 7.61. The number of hydrogen-bond donors (Lipinski definition) is 0. The van der Waals surface area contributed by atoms with Crippen LogP contribution in [0.2, 0.25) is 5.02 Å². The lowest BCUT2D eigenvalue weighted by Gasteiger charge is -2.36. The Balaban J connectivity index is 1.72. The van der Waals surface area contributed by atoms with Crippen LogP contribution in [0.1, 0.15) is 43.9 Å². The second kappa shape index (κ2) is 9.37. The topological polar surface area (TPSA) is 49.3 Å². The third-order valence-corrected chi connectivity index (χ3v) is 5.64. The van der Waals surface area contributed by atoms with E-state index in [4.69, 9.17) is 16.6 Å². The van der Waals surface area contributed by atoms with Crippen molar-refractivity contribution in [1.29, 1.82) is 0 Å². The number of benzene rings is 1. The second-order valence-electron chi connectivity index (χ2n) is 7.41. The summed E-state index contributed by atoms with van der Waals surface area (Å²) in [6.45, 7) is 9.36. The molecule has 0 N–H and O–H groups in total. The van der Waals surface area contributed by atoms with Gasteiger partial charge in [0, 0.05) is 54.4 Å². The quantitative estimate of drug-likeness (QED) is 0.662. The van der Waals surface area contributed by atoms with E-state index in [1.165, 1.54) is 0 Å². The summed E-state index contributed by atoms with van der Waals surface area (Å²) < 4.78 is 0. The van der Waals surface area contributed by atoms with E-state index >= 15 is 0 Å². The van der Waals surface area contributed by atoms with E-state index in [1.54, 1.807) is 0 Å². The van der Waals surface area contributed by atoms with Crippen molar-refractivity contribution in [2.45, 2.75) is 46.5 Å². The number of unbranched alkanes of at least 4 members (excludes halogenated alkanes) is 2. The lowest BCUT2D eigenvalue weighted by molar-refractivity contribution is -0.131. The van der Waals surface area contributed by atoms with E-state index in [0.29, 0.717) is 17.3 Å². The van der Waals surface area contributed by atoms with Gasteiger partial charge in [-0.3, -0.25) is 4.79 Å². The summed E-state index contributed by atoms with van der Waals surface area (Å²) in [7, 11) is 0. The van der Waals surface area contributed by atoms with E-state index in [-0.39, 0.29) is 5.91 Å². The van der Waals surface area contributed by atoms with Crippen molar-refractivity contribution in [2.75, 3.05) is 31.1 Å². The lowest BCUT2D eigenvalue weighted by Crippen LogP contribution is -2.49. The molecule has 2 heterocycles. The number of nitrogens with zero attached hydrogens (tertiary/aromatic N) is 4. The second-order valence-corrected chi connectivity index (χ2v) is 7.85. The van der Waals surface area contributed by atoms with Gasteiger partial charge in [0.1, 0.15) is 5.82 Å². The van der Waals surface area contributed by atoms with Crippen molar-refractivity contribution in [3.63, 3.8) is 0 Å². The standard InChI is InChI=1S/C22H29ClN4O/c1-4-5-6-7-20(28)26-12-14-27(15-13-26)22-16(2)17(3)24-21(25-22)18-8-10-19(23)11-9-18/h8-11H,4-7,12-15H2,1-3H3. The molecule has 0 saturated carbocycles. The van der Waals surface area contributed by atoms with E-state index in [1.807, 2.05) is 36.1 Å². The van der Waals surface area contributed by atoms with Crippen LogP contribution in [0.4, 0.5) is 5.82 Å². The largest absolute Gasteiger partial charge is 0.353 e. The Bertz CT molecular complexity index is 814. The van der Waals surface area contributed by atoms with Crippen molar-refractivity contribution in [2.24, 2.45) is 0 Å². The van der Waals surface area contributed by atoms with Gasteiger partial charge in [0.15, 0.2) is 5.82 Å². The predicted octanol–water partition coefficient (Wildman–Crippen LogP) is 4.64. The van der Waals surface area contributed by atoms with Crippen molar-refractivity contribution in [3.05, 3.63) is 40.5 Å². The lowest BCUT2D eigenvalue weighted by atomic mass is 10.1. The zero-order chi connectivity index (χ0) is 20.1. The molecule has 1 aromatic carbocycles. The molecule has 150 valence electrons. The first-order valence-electron chi connectivity index (χ1n) is 10.1. The highest BCUT2D eigenvalue weighted by molar-refractivity contribution is 6.30. The molecule has 0 radical (unpaired) electrons. The molecule has 2 aromatic rings. The molecule has 1 aliphatic rings. The molecule has 1 aromatic heterocycles. The van der Waals surface area contributed by atoms with Gasteiger partial charge in [0.25, 0.3) is 0 Å². The van der Waals surface area contributed by atoms with Gasteiger partial charge in [0.2, 0.25) is 5.91 Å². The third kappa shape index (κ3) is 4.82. The fourth-order valence-corrected chi connectivity index (χ4v) is 3.63. The highest BCUT2D eigenvalue weighted by Gasteiger charge is 2.23. The summed E-state index contributed by atoms with van der Waals surface area (Å²) in [5, 5.41) is 0.701. The number of rotatable bonds is 6. The molecule has 0 spiro atoms. The van der Waals surface area contributed by atoms with E-state index in [2.05, 4.69) is 23.7 Å². The Labute approximate surface area is 172 Å². The molecule has 5 nitrogen and oxygen atoms in total.